The molecule has 8 aromatic rings. The Kier molecular flexibility index (Phi) is 6.76. The van der Waals surface area contributed by atoms with Crippen LogP contribution < -0.4 is 0 Å². The van der Waals surface area contributed by atoms with Gasteiger partial charge in [-0.2, -0.15) is 0 Å². The minimum atomic E-state index is 0.913. The molecule has 3 aromatic heterocycles. The minimum absolute atomic E-state index is 0.913. The number of unbranched alkanes of at least 4 members (excludes halogenated alkanes) is 5. The Labute approximate surface area is 255 Å². The average molecular weight is 579 g/mol. The van der Waals surface area contributed by atoms with E-state index in [1.165, 1.54) is 92.9 Å². The summed E-state index contributed by atoms with van der Waals surface area (Å²) in [6.07, 6.45) is 9.20. The Morgan fingerprint density at radius 3 is 1.79 bits per heavy atom. The molecule has 0 bridgehead atoms. The largest absolute Gasteiger partial charge is 0.456 e. The minimum Gasteiger partial charge on any atom is -0.456 e. The molecule has 0 amide bonds. The fraction of sp³-hybridized carbons (Fsp3) is 0.200. The Bertz CT molecular complexity index is 2230. The van der Waals surface area contributed by atoms with Gasteiger partial charge in [0.1, 0.15) is 22.3 Å². The summed E-state index contributed by atoms with van der Waals surface area (Å²) >= 11 is 1.94. The molecule has 3 heteroatoms. The van der Waals surface area contributed by atoms with Gasteiger partial charge in [0, 0.05) is 31.3 Å². The van der Waals surface area contributed by atoms with Gasteiger partial charge in [-0.15, -0.1) is 11.3 Å². The molecule has 5 aromatic carbocycles. The SMILES string of the molecule is CCCCCCCCc1ccc(-c2ccc3oc4ccc5c(ccc6oc7ccc(-c8ccccc8)cc7c65)c4c3c2)s1. The predicted molar refractivity (Wildman–Crippen MR) is 184 cm³/mol. The highest BCUT2D eigenvalue weighted by Crippen LogP contribution is 2.42. The van der Waals surface area contributed by atoms with E-state index < -0.39 is 0 Å². The Morgan fingerprint density at radius 1 is 0.488 bits per heavy atom. The first-order valence-corrected chi connectivity index (χ1v) is 16.5. The molecule has 0 aliphatic heterocycles. The van der Waals surface area contributed by atoms with Crippen molar-refractivity contribution in [2.45, 2.75) is 51.9 Å². The first-order valence-electron chi connectivity index (χ1n) is 15.7. The van der Waals surface area contributed by atoms with Crippen molar-refractivity contribution in [1.29, 1.82) is 0 Å². The second kappa shape index (κ2) is 11.1. The summed E-state index contributed by atoms with van der Waals surface area (Å²) in [5, 5.41) is 7.04. The highest BCUT2D eigenvalue weighted by molar-refractivity contribution is 7.15. The number of hydrogen-bond donors (Lipinski definition) is 0. The van der Waals surface area contributed by atoms with E-state index in [0.717, 1.165) is 33.1 Å². The normalized spacial score (nSPS) is 12.0. The third-order valence-corrected chi connectivity index (χ3v) is 10.1. The van der Waals surface area contributed by atoms with Crippen LogP contribution in [0.4, 0.5) is 0 Å². The van der Waals surface area contributed by atoms with Crippen molar-refractivity contribution < 1.29 is 8.83 Å². The number of rotatable bonds is 9. The van der Waals surface area contributed by atoms with Crippen LogP contribution in [0, 0.1) is 0 Å². The lowest BCUT2D eigenvalue weighted by Crippen LogP contribution is -1.82. The number of fused-ring (bicyclic) bond motifs is 9. The number of hydrogen-bond acceptors (Lipinski definition) is 3. The van der Waals surface area contributed by atoms with Crippen molar-refractivity contribution in [1.82, 2.24) is 0 Å². The van der Waals surface area contributed by atoms with Crippen LogP contribution in [-0.2, 0) is 6.42 Å². The van der Waals surface area contributed by atoms with Gasteiger partial charge in [-0.1, -0.05) is 75.4 Å². The average Bonchev–Trinajstić information content (AvgIpc) is 3.77. The number of benzene rings is 5. The summed E-state index contributed by atoms with van der Waals surface area (Å²) in [6.45, 7) is 2.28. The van der Waals surface area contributed by atoms with Gasteiger partial charge in [0.05, 0.1) is 0 Å². The van der Waals surface area contributed by atoms with E-state index in [1.807, 2.05) is 11.3 Å². The topological polar surface area (TPSA) is 26.3 Å². The predicted octanol–water partition coefficient (Wildman–Crippen LogP) is 12.9. The summed E-state index contributed by atoms with van der Waals surface area (Å²) in [5.74, 6) is 0. The smallest absolute Gasteiger partial charge is 0.136 e. The summed E-state index contributed by atoms with van der Waals surface area (Å²) in [4.78, 5) is 2.81. The highest BCUT2D eigenvalue weighted by atomic mass is 32.1. The maximum Gasteiger partial charge on any atom is 0.136 e. The third-order valence-electron chi connectivity index (χ3n) is 8.89. The van der Waals surface area contributed by atoms with Crippen LogP contribution in [0.25, 0.3) is 76.2 Å². The van der Waals surface area contributed by atoms with Gasteiger partial charge in [-0.05, 0) is 107 Å². The van der Waals surface area contributed by atoms with Crippen molar-refractivity contribution >= 4 is 66.0 Å². The molecule has 0 spiro atoms. The summed E-state index contributed by atoms with van der Waals surface area (Å²) < 4.78 is 12.7. The molecular formula is C40H34O2S. The second-order valence-electron chi connectivity index (χ2n) is 11.7. The van der Waals surface area contributed by atoms with E-state index in [9.17, 15) is 0 Å². The first kappa shape index (κ1) is 26.3. The van der Waals surface area contributed by atoms with Crippen LogP contribution in [-0.4, -0.2) is 0 Å². The molecule has 0 unspecified atom stereocenters. The zero-order valence-electron chi connectivity index (χ0n) is 24.5. The number of thiophene rings is 1. The van der Waals surface area contributed by atoms with Crippen LogP contribution in [0.2, 0.25) is 0 Å². The van der Waals surface area contributed by atoms with E-state index in [2.05, 4.69) is 110 Å². The Hall–Kier alpha value is -4.34. The Morgan fingerprint density at radius 2 is 1.09 bits per heavy atom. The summed E-state index contributed by atoms with van der Waals surface area (Å²) in [7, 11) is 0. The van der Waals surface area contributed by atoms with Crippen molar-refractivity contribution in [3.63, 3.8) is 0 Å². The first-order chi connectivity index (χ1) is 21.3. The fourth-order valence-corrected chi connectivity index (χ4v) is 7.71. The fourth-order valence-electron chi connectivity index (χ4n) is 6.67. The van der Waals surface area contributed by atoms with E-state index in [-0.39, 0.29) is 0 Å². The van der Waals surface area contributed by atoms with E-state index in [0.29, 0.717) is 0 Å². The molecule has 3 heterocycles. The lowest BCUT2D eigenvalue weighted by molar-refractivity contribution is 0.609. The molecule has 2 nitrogen and oxygen atoms in total. The molecular weight excluding hydrogens is 545 g/mol. The zero-order valence-corrected chi connectivity index (χ0v) is 25.3. The van der Waals surface area contributed by atoms with Gasteiger partial charge in [-0.3, -0.25) is 0 Å². The van der Waals surface area contributed by atoms with Gasteiger partial charge < -0.3 is 8.83 Å². The highest BCUT2D eigenvalue weighted by Gasteiger charge is 2.17. The van der Waals surface area contributed by atoms with E-state index in [4.69, 9.17) is 8.83 Å². The molecule has 0 fully saturated rings. The van der Waals surface area contributed by atoms with Crippen LogP contribution in [0.5, 0.6) is 0 Å². The molecule has 0 saturated heterocycles. The van der Waals surface area contributed by atoms with Crippen molar-refractivity contribution in [3.05, 3.63) is 108 Å². The molecule has 212 valence electrons. The third kappa shape index (κ3) is 4.73. The van der Waals surface area contributed by atoms with Gasteiger partial charge >= 0.3 is 0 Å². The lowest BCUT2D eigenvalue weighted by atomic mass is 9.97. The molecule has 43 heavy (non-hydrogen) atoms. The molecule has 0 atom stereocenters. The molecule has 0 aliphatic rings. The Balaban J connectivity index is 1.20. The zero-order chi connectivity index (χ0) is 28.8. The van der Waals surface area contributed by atoms with E-state index >= 15 is 0 Å². The molecule has 0 N–H and O–H groups in total. The summed E-state index contributed by atoms with van der Waals surface area (Å²) in [6, 6.07) is 37.0. The lowest BCUT2D eigenvalue weighted by Gasteiger charge is -2.04. The van der Waals surface area contributed by atoms with Gasteiger partial charge in [0.25, 0.3) is 0 Å². The van der Waals surface area contributed by atoms with Gasteiger partial charge in [0.15, 0.2) is 0 Å². The maximum atomic E-state index is 6.39. The van der Waals surface area contributed by atoms with Gasteiger partial charge in [0.2, 0.25) is 0 Å². The van der Waals surface area contributed by atoms with Gasteiger partial charge in [-0.25, -0.2) is 0 Å². The van der Waals surface area contributed by atoms with Crippen LogP contribution >= 0.6 is 11.3 Å². The quantitative estimate of drug-likeness (QED) is 0.159. The molecule has 0 radical (unpaired) electrons. The van der Waals surface area contributed by atoms with Crippen LogP contribution in [0.3, 0.4) is 0 Å². The standard InChI is InChI=1S/C40H34O2S/c1-2-3-4-5-6-10-13-29-16-23-38(43-29)28-15-20-35-33(25-28)40-31-18-21-36-39(30(31)17-22-37(40)42-35)32-24-27(14-19-34(32)41-36)26-11-8-7-9-12-26/h7-9,11-12,14-25H,2-6,10,13H2,1H3. The van der Waals surface area contributed by atoms with Crippen LogP contribution in [0.1, 0.15) is 50.3 Å². The van der Waals surface area contributed by atoms with Crippen molar-refractivity contribution in [3.8, 4) is 21.6 Å². The molecule has 8 rings (SSSR count). The molecule has 0 aliphatic carbocycles. The number of furan rings is 2. The molecule has 0 saturated carbocycles. The number of aryl methyl sites for hydroxylation is 1. The second-order valence-corrected chi connectivity index (χ2v) is 12.9. The van der Waals surface area contributed by atoms with Crippen molar-refractivity contribution in [2.24, 2.45) is 0 Å². The van der Waals surface area contributed by atoms with Crippen molar-refractivity contribution in [2.75, 3.05) is 0 Å². The maximum absolute atomic E-state index is 6.39. The monoisotopic (exact) mass is 578 g/mol. The van der Waals surface area contributed by atoms with E-state index in [1.54, 1.807) is 0 Å². The summed E-state index contributed by atoms with van der Waals surface area (Å²) in [5.41, 5.74) is 7.34. The van der Waals surface area contributed by atoms with Crippen LogP contribution in [0.15, 0.2) is 112 Å².